The summed E-state index contributed by atoms with van der Waals surface area (Å²) in [6.45, 7) is 9.04. The van der Waals surface area contributed by atoms with E-state index in [0.717, 1.165) is 70.9 Å². The first-order valence-electron chi connectivity index (χ1n) is 19.5. The maximum Gasteiger partial charge on any atom is 0.236 e. The quantitative estimate of drug-likeness (QED) is 0.0508. The minimum atomic E-state index is -0.478. The molecule has 0 aromatic carbocycles. The van der Waals surface area contributed by atoms with Gasteiger partial charge < -0.3 is 11.5 Å². The van der Waals surface area contributed by atoms with Gasteiger partial charge in [0.25, 0.3) is 0 Å². The van der Waals surface area contributed by atoms with Gasteiger partial charge in [-0.3, -0.25) is 29.0 Å². The average molecular weight is 659 g/mol. The topological polar surface area (TPSA) is 127 Å². The van der Waals surface area contributed by atoms with E-state index in [-0.39, 0.29) is 48.3 Å². The van der Waals surface area contributed by atoms with Gasteiger partial charge in [0, 0.05) is 25.9 Å². The second kappa shape index (κ2) is 24.1. The summed E-state index contributed by atoms with van der Waals surface area (Å²) in [4.78, 5) is 55.6. The van der Waals surface area contributed by atoms with Crippen molar-refractivity contribution in [3.8, 4) is 0 Å². The predicted molar refractivity (Wildman–Crippen MR) is 192 cm³/mol. The first kappa shape index (κ1) is 41.1. The number of hydrogen-bond donors (Lipinski definition) is 2. The number of nitrogens with two attached hydrogens (primary N) is 2. The molecule has 8 nitrogen and oxygen atoms in total. The zero-order valence-electron chi connectivity index (χ0n) is 30.4. The number of unbranched alkanes of at least 4 members (excludes halogenated alkanes) is 16. The van der Waals surface area contributed by atoms with Gasteiger partial charge in [-0.15, -0.1) is 0 Å². The molecule has 270 valence electrons. The first-order valence-corrected chi connectivity index (χ1v) is 19.5. The van der Waals surface area contributed by atoms with Crippen LogP contribution in [0.5, 0.6) is 0 Å². The highest BCUT2D eigenvalue weighted by Crippen LogP contribution is 2.36. The van der Waals surface area contributed by atoms with E-state index in [4.69, 9.17) is 11.5 Å². The minimum Gasteiger partial charge on any atom is -0.330 e. The van der Waals surface area contributed by atoms with Gasteiger partial charge in [-0.05, 0) is 62.9 Å². The summed E-state index contributed by atoms with van der Waals surface area (Å²) in [7, 11) is 0. The van der Waals surface area contributed by atoms with Crippen molar-refractivity contribution in [2.45, 2.75) is 156 Å². The molecule has 2 saturated heterocycles. The van der Waals surface area contributed by atoms with E-state index in [1.807, 2.05) is 12.2 Å². The SMILES string of the molecule is CC(C)CC(C)C(C=CC1CC(=O)N(CCCCCCCCCCCN)C1=O)C1CC(=O)N(CCCCCCCCCCCN)C1=O. The number of nitrogens with zero attached hydrogens (tertiary/aromatic N) is 2. The van der Waals surface area contributed by atoms with Crippen LogP contribution in [-0.2, 0) is 19.2 Å². The molecule has 2 rings (SSSR count). The van der Waals surface area contributed by atoms with E-state index in [1.165, 1.54) is 74.0 Å². The fraction of sp³-hybridized carbons (Fsp3) is 0.846. The standard InChI is InChI=1S/C39H70N4O4/c1-31(2)28-32(3)34(35-30-37(45)43(39(35)47)27-21-17-13-9-5-7-11-15-19-25-41)23-22-33-29-36(44)42(38(33)46)26-20-16-12-8-4-6-10-14-18-24-40/h22-23,31-35H,4-21,24-30,40-41H2,1-3H3. The Morgan fingerprint density at radius 1 is 0.596 bits per heavy atom. The van der Waals surface area contributed by atoms with Crippen LogP contribution in [0.1, 0.15) is 156 Å². The summed E-state index contributed by atoms with van der Waals surface area (Å²) in [6, 6.07) is 0. The predicted octanol–water partition coefficient (Wildman–Crippen LogP) is 7.53. The third-order valence-corrected chi connectivity index (χ3v) is 10.3. The Kier molecular flexibility index (Phi) is 21.1. The smallest absolute Gasteiger partial charge is 0.236 e. The van der Waals surface area contributed by atoms with Crippen LogP contribution in [0, 0.1) is 29.6 Å². The van der Waals surface area contributed by atoms with Crippen molar-refractivity contribution in [2.75, 3.05) is 26.2 Å². The molecule has 4 amide bonds. The highest BCUT2D eigenvalue weighted by atomic mass is 16.2. The number of imide groups is 2. The second-order valence-corrected chi connectivity index (χ2v) is 14.9. The monoisotopic (exact) mass is 659 g/mol. The molecule has 2 aliphatic rings. The van der Waals surface area contributed by atoms with Crippen molar-refractivity contribution in [1.82, 2.24) is 9.80 Å². The molecule has 0 aromatic rings. The zero-order chi connectivity index (χ0) is 34.4. The largest absolute Gasteiger partial charge is 0.330 e. The van der Waals surface area contributed by atoms with Crippen molar-refractivity contribution in [3.05, 3.63) is 12.2 Å². The molecule has 0 aliphatic carbocycles. The maximum absolute atomic E-state index is 13.6. The molecule has 0 bridgehead atoms. The van der Waals surface area contributed by atoms with Gasteiger partial charge >= 0.3 is 0 Å². The molecule has 0 aromatic heterocycles. The Morgan fingerprint density at radius 2 is 1.00 bits per heavy atom. The molecule has 4 N–H and O–H groups in total. The van der Waals surface area contributed by atoms with Crippen LogP contribution in [0.25, 0.3) is 0 Å². The number of allylic oxidation sites excluding steroid dienone is 1. The zero-order valence-corrected chi connectivity index (χ0v) is 30.4. The average Bonchev–Trinajstić information content (AvgIpc) is 3.46. The van der Waals surface area contributed by atoms with Gasteiger partial charge in [0.15, 0.2) is 0 Å². The Balaban J connectivity index is 1.85. The third-order valence-electron chi connectivity index (χ3n) is 10.3. The van der Waals surface area contributed by atoms with Crippen molar-refractivity contribution in [1.29, 1.82) is 0 Å². The summed E-state index contributed by atoms with van der Waals surface area (Å²) in [5.74, 6) is -0.725. The molecule has 2 fully saturated rings. The van der Waals surface area contributed by atoms with Crippen molar-refractivity contribution in [2.24, 2.45) is 41.1 Å². The number of hydrogen-bond acceptors (Lipinski definition) is 6. The van der Waals surface area contributed by atoms with Gasteiger partial charge in [0.2, 0.25) is 23.6 Å². The van der Waals surface area contributed by atoms with E-state index < -0.39 is 11.8 Å². The third kappa shape index (κ3) is 15.4. The van der Waals surface area contributed by atoms with Crippen molar-refractivity contribution >= 4 is 23.6 Å². The normalized spacial score (nSPS) is 20.1. The number of carbonyl (C=O) groups excluding carboxylic acids is 4. The van der Waals surface area contributed by atoms with Crippen LogP contribution in [-0.4, -0.2) is 59.6 Å². The van der Waals surface area contributed by atoms with Crippen molar-refractivity contribution < 1.29 is 19.2 Å². The number of carbonyl (C=O) groups is 4. The Bertz CT molecular complexity index is 951. The number of likely N-dealkylation sites (tertiary alicyclic amines) is 2. The lowest BCUT2D eigenvalue weighted by Crippen LogP contribution is -2.34. The van der Waals surface area contributed by atoms with E-state index in [1.54, 1.807) is 0 Å². The molecule has 8 heteroatoms. The number of amides is 4. The summed E-state index contributed by atoms with van der Waals surface area (Å²) in [6.07, 6.45) is 25.8. The molecular weight excluding hydrogens is 588 g/mol. The second-order valence-electron chi connectivity index (χ2n) is 14.9. The first-order chi connectivity index (χ1) is 22.7. The van der Waals surface area contributed by atoms with Crippen LogP contribution in [0.3, 0.4) is 0 Å². The van der Waals surface area contributed by atoms with E-state index in [9.17, 15) is 19.2 Å². The molecule has 2 heterocycles. The summed E-state index contributed by atoms with van der Waals surface area (Å²) in [5.41, 5.74) is 11.1. The van der Waals surface area contributed by atoms with Crippen LogP contribution in [0.4, 0.5) is 0 Å². The molecule has 4 atom stereocenters. The van der Waals surface area contributed by atoms with Gasteiger partial charge in [0.05, 0.1) is 11.8 Å². The fourth-order valence-electron chi connectivity index (χ4n) is 7.53. The Labute approximate surface area is 287 Å². The summed E-state index contributed by atoms with van der Waals surface area (Å²) >= 11 is 0. The molecular formula is C39H70N4O4. The molecule has 0 spiro atoms. The molecule has 0 saturated carbocycles. The summed E-state index contributed by atoms with van der Waals surface area (Å²) < 4.78 is 0. The lowest BCUT2D eigenvalue weighted by Gasteiger charge is -2.27. The van der Waals surface area contributed by atoms with E-state index in [0.29, 0.717) is 19.0 Å². The summed E-state index contributed by atoms with van der Waals surface area (Å²) in [5, 5.41) is 0. The highest BCUT2D eigenvalue weighted by molar-refractivity contribution is 6.05. The van der Waals surface area contributed by atoms with Gasteiger partial charge in [-0.25, -0.2) is 0 Å². The van der Waals surface area contributed by atoms with Gasteiger partial charge in [-0.2, -0.15) is 0 Å². The maximum atomic E-state index is 13.6. The van der Waals surface area contributed by atoms with Crippen LogP contribution >= 0.6 is 0 Å². The van der Waals surface area contributed by atoms with Crippen LogP contribution < -0.4 is 11.5 Å². The Morgan fingerprint density at radius 3 is 1.45 bits per heavy atom. The highest BCUT2D eigenvalue weighted by Gasteiger charge is 2.44. The van der Waals surface area contributed by atoms with Gasteiger partial charge in [0.1, 0.15) is 0 Å². The number of rotatable bonds is 28. The van der Waals surface area contributed by atoms with Crippen molar-refractivity contribution in [3.63, 3.8) is 0 Å². The van der Waals surface area contributed by atoms with Gasteiger partial charge in [-0.1, -0.05) is 123 Å². The lowest BCUT2D eigenvalue weighted by atomic mass is 9.77. The fourth-order valence-corrected chi connectivity index (χ4v) is 7.53. The van der Waals surface area contributed by atoms with E-state index >= 15 is 0 Å². The van der Waals surface area contributed by atoms with Crippen LogP contribution in [0.2, 0.25) is 0 Å². The molecule has 2 aliphatic heterocycles. The lowest BCUT2D eigenvalue weighted by molar-refractivity contribution is -0.141. The Hall–Kier alpha value is -2.06. The molecule has 4 unspecified atom stereocenters. The molecule has 47 heavy (non-hydrogen) atoms. The minimum absolute atomic E-state index is 0.0637. The van der Waals surface area contributed by atoms with Crippen LogP contribution in [0.15, 0.2) is 12.2 Å². The molecule has 0 radical (unpaired) electrons. The van der Waals surface area contributed by atoms with E-state index in [2.05, 4.69) is 20.8 Å².